The van der Waals surface area contributed by atoms with Gasteiger partial charge in [0.2, 0.25) is 5.91 Å². The summed E-state index contributed by atoms with van der Waals surface area (Å²) in [4.78, 5) is 30.7. The Bertz CT molecular complexity index is 688. The zero-order valence-electron chi connectivity index (χ0n) is 11.3. The molecule has 21 heavy (non-hydrogen) atoms. The first-order valence-corrected chi connectivity index (χ1v) is 6.64. The van der Waals surface area contributed by atoms with Gasteiger partial charge in [-0.2, -0.15) is 0 Å². The molecular weight excluding hydrogens is 274 g/mol. The highest BCUT2D eigenvalue weighted by molar-refractivity contribution is 5.91. The minimum Gasteiger partial charge on any atom is -0.479 e. The van der Waals surface area contributed by atoms with Crippen molar-refractivity contribution < 1.29 is 19.4 Å². The van der Waals surface area contributed by atoms with Crippen LogP contribution in [-0.2, 0) is 20.7 Å². The maximum absolute atomic E-state index is 12.2. The molecule has 1 atom stereocenters. The van der Waals surface area contributed by atoms with Gasteiger partial charge in [0.15, 0.2) is 5.54 Å². The van der Waals surface area contributed by atoms with Crippen LogP contribution in [0.25, 0.3) is 11.0 Å². The van der Waals surface area contributed by atoms with Gasteiger partial charge in [0, 0.05) is 30.8 Å². The first kappa shape index (κ1) is 13.6. The monoisotopic (exact) mass is 289 g/mol. The van der Waals surface area contributed by atoms with Crippen molar-refractivity contribution >= 4 is 22.9 Å². The average Bonchev–Trinajstić information content (AvgIpc) is 3.08. The molecule has 0 spiro atoms. The van der Waals surface area contributed by atoms with E-state index in [1.165, 1.54) is 0 Å². The number of nitrogens with one attached hydrogen (secondary N) is 2. The summed E-state index contributed by atoms with van der Waals surface area (Å²) in [6.07, 6.45) is 3.76. The van der Waals surface area contributed by atoms with Crippen LogP contribution in [-0.4, -0.2) is 45.7 Å². The lowest BCUT2D eigenvalue weighted by Gasteiger charge is -2.23. The molecule has 1 amide bonds. The number of pyridine rings is 1. The Hall–Kier alpha value is -2.41. The largest absolute Gasteiger partial charge is 0.479 e. The van der Waals surface area contributed by atoms with E-state index in [2.05, 4.69) is 15.3 Å². The number of amides is 1. The summed E-state index contributed by atoms with van der Waals surface area (Å²) in [5.41, 5.74) is 0.189. The van der Waals surface area contributed by atoms with Crippen LogP contribution in [0.4, 0.5) is 0 Å². The van der Waals surface area contributed by atoms with Gasteiger partial charge in [0.25, 0.3) is 0 Å². The Morgan fingerprint density at radius 2 is 2.38 bits per heavy atom. The maximum Gasteiger partial charge on any atom is 0.331 e. The minimum absolute atomic E-state index is 0.00349. The van der Waals surface area contributed by atoms with Crippen molar-refractivity contribution in [3.8, 4) is 0 Å². The number of aromatic amines is 1. The second-order valence-electron chi connectivity index (χ2n) is 5.13. The van der Waals surface area contributed by atoms with E-state index in [4.69, 9.17) is 4.74 Å². The molecule has 1 saturated heterocycles. The van der Waals surface area contributed by atoms with E-state index in [1.807, 2.05) is 6.07 Å². The number of carboxylic acid groups (broad SMARTS) is 1. The van der Waals surface area contributed by atoms with Crippen molar-refractivity contribution in [3.63, 3.8) is 0 Å². The highest BCUT2D eigenvalue weighted by Gasteiger charge is 2.43. The van der Waals surface area contributed by atoms with Crippen LogP contribution < -0.4 is 5.32 Å². The van der Waals surface area contributed by atoms with E-state index in [1.54, 1.807) is 18.5 Å². The fourth-order valence-electron chi connectivity index (χ4n) is 2.53. The fraction of sp³-hybridized carbons (Fsp3) is 0.357. The number of nitrogens with zero attached hydrogens (tertiary/aromatic N) is 1. The van der Waals surface area contributed by atoms with Gasteiger partial charge < -0.3 is 20.1 Å². The molecule has 2 aromatic rings. The Kier molecular flexibility index (Phi) is 3.34. The summed E-state index contributed by atoms with van der Waals surface area (Å²) in [6, 6.07) is 3.66. The molecule has 3 rings (SSSR count). The smallest absolute Gasteiger partial charge is 0.331 e. The summed E-state index contributed by atoms with van der Waals surface area (Å²) in [5, 5.41) is 12.8. The molecule has 3 N–H and O–H groups in total. The molecule has 2 aromatic heterocycles. The van der Waals surface area contributed by atoms with Crippen LogP contribution in [0.1, 0.15) is 12.0 Å². The number of ether oxygens (including phenoxy) is 1. The van der Waals surface area contributed by atoms with E-state index in [9.17, 15) is 14.7 Å². The topological polar surface area (TPSA) is 104 Å². The summed E-state index contributed by atoms with van der Waals surface area (Å²) in [7, 11) is 0. The van der Waals surface area contributed by atoms with Crippen molar-refractivity contribution in [2.45, 2.75) is 18.4 Å². The van der Waals surface area contributed by atoms with Gasteiger partial charge in [-0.25, -0.2) is 9.78 Å². The standard InChI is InChI=1S/C14H15N3O4/c18-11(17-14(13(19)20)3-5-21-8-14)6-9-7-16-12-10(9)2-1-4-15-12/h1-2,4,7H,3,5-6,8H2,(H,15,16)(H,17,18)(H,19,20). The highest BCUT2D eigenvalue weighted by atomic mass is 16.5. The lowest BCUT2D eigenvalue weighted by molar-refractivity contribution is -0.147. The van der Waals surface area contributed by atoms with E-state index < -0.39 is 11.5 Å². The molecule has 1 fully saturated rings. The molecule has 0 aliphatic carbocycles. The lowest BCUT2D eigenvalue weighted by atomic mass is 9.98. The van der Waals surface area contributed by atoms with E-state index in [0.29, 0.717) is 12.3 Å². The molecule has 3 heterocycles. The van der Waals surface area contributed by atoms with Gasteiger partial charge in [-0.05, 0) is 17.7 Å². The third-order valence-electron chi connectivity index (χ3n) is 3.70. The van der Waals surface area contributed by atoms with Crippen molar-refractivity contribution in [1.29, 1.82) is 0 Å². The van der Waals surface area contributed by atoms with E-state index in [0.717, 1.165) is 10.9 Å². The van der Waals surface area contributed by atoms with Crippen molar-refractivity contribution in [1.82, 2.24) is 15.3 Å². The molecule has 0 radical (unpaired) electrons. The summed E-state index contributed by atoms with van der Waals surface area (Å²) in [6.45, 7) is 0.340. The number of carboxylic acids is 1. The van der Waals surface area contributed by atoms with Crippen LogP contribution in [0.2, 0.25) is 0 Å². The Balaban J connectivity index is 1.76. The van der Waals surface area contributed by atoms with Gasteiger partial charge in [0.05, 0.1) is 13.0 Å². The molecular formula is C14H15N3O4. The third-order valence-corrected chi connectivity index (χ3v) is 3.70. The van der Waals surface area contributed by atoms with Crippen LogP contribution in [0.15, 0.2) is 24.5 Å². The summed E-state index contributed by atoms with van der Waals surface area (Å²) < 4.78 is 5.12. The Labute approximate surface area is 120 Å². The molecule has 0 saturated carbocycles. The third kappa shape index (κ3) is 2.47. The van der Waals surface area contributed by atoms with E-state index in [-0.39, 0.29) is 25.4 Å². The quantitative estimate of drug-likeness (QED) is 0.758. The maximum atomic E-state index is 12.2. The van der Waals surface area contributed by atoms with Crippen molar-refractivity contribution in [2.24, 2.45) is 0 Å². The first-order valence-electron chi connectivity index (χ1n) is 6.64. The van der Waals surface area contributed by atoms with E-state index >= 15 is 0 Å². The van der Waals surface area contributed by atoms with Crippen molar-refractivity contribution in [3.05, 3.63) is 30.1 Å². The second-order valence-corrected chi connectivity index (χ2v) is 5.13. The van der Waals surface area contributed by atoms with Gasteiger partial charge in [-0.1, -0.05) is 0 Å². The first-order chi connectivity index (χ1) is 10.1. The molecule has 1 aliphatic heterocycles. The Morgan fingerprint density at radius 1 is 1.52 bits per heavy atom. The van der Waals surface area contributed by atoms with Crippen LogP contribution >= 0.6 is 0 Å². The van der Waals surface area contributed by atoms with Gasteiger partial charge in [-0.3, -0.25) is 4.79 Å². The minimum atomic E-state index is -1.30. The number of carbonyl (C=O) groups excluding carboxylic acids is 1. The fourth-order valence-corrected chi connectivity index (χ4v) is 2.53. The molecule has 1 aliphatic rings. The number of H-pyrrole nitrogens is 1. The number of carbonyl (C=O) groups is 2. The number of aromatic nitrogens is 2. The average molecular weight is 289 g/mol. The number of rotatable bonds is 4. The number of hydrogen-bond donors (Lipinski definition) is 3. The SMILES string of the molecule is O=C(Cc1c[nH]c2ncccc12)NC1(C(=O)O)CCOC1. The summed E-state index contributed by atoms with van der Waals surface area (Å²) in [5.74, 6) is -1.40. The number of aliphatic carboxylic acids is 1. The summed E-state index contributed by atoms with van der Waals surface area (Å²) >= 11 is 0. The normalized spacial score (nSPS) is 21.5. The van der Waals surface area contributed by atoms with Gasteiger partial charge in [0.1, 0.15) is 5.65 Å². The van der Waals surface area contributed by atoms with Crippen LogP contribution in [0, 0.1) is 0 Å². The lowest BCUT2D eigenvalue weighted by Crippen LogP contribution is -2.55. The zero-order valence-corrected chi connectivity index (χ0v) is 11.3. The van der Waals surface area contributed by atoms with Gasteiger partial charge >= 0.3 is 5.97 Å². The highest BCUT2D eigenvalue weighted by Crippen LogP contribution is 2.20. The molecule has 110 valence electrons. The predicted octanol–water partition coefficient (Wildman–Crippen LogP) is 0.465. The predicted molar refractivity (Wildman–Crippen MR) is 73.7 cm³/mol. The van der Waals surface area contributed by atoms with Crippen LogP contribution in [0.3, 0.4) is 0 Å². The second kappa shape index (κ2) is 5.17. The molecule has 0 bridgehead atoms. The van der Waals surface area contributed by atoms with Crippen molar-refractivity contribution in [2.75, 3.05) is 13.2 Å². The zero-order chi connectivity index (χ0) is 14.9. The van der Waals surface area contributed by atoms with Gasteiger partial charge in [-0.15, -0.1) is 0 Å². The molecule has 0 aromatic carbocycles. The van der Waals surface area contributed by atoms with Crippen LogP contribution in [0.5, 0.6) is 0 Å². The molecule has 1 unspecified atom stereocenters. The Morgan fingerprint density at radius 3 is 3.10 bits per heavy atom. The number of hydrogen-bond acceptors (Lipinski definition) is 4. The molecule has 7 nitrogen and oxygen atoms in total. The molecule has 7 heteroatoms. The number of fused-ring (bicyclic) bond motifs is 1.